The summed E-state index contributed by atoms with van der Waals surface area (Å²) in [5, 5.41) is 20.6. The van der Waals surface area contributed by atoms with Crippen LogP contribution in [-0.2, 0) is 6.42 Å². The van der Waals surface area contributed by atoms with E-state index in [9.17, 15) is 10.2 Å². The number of hydrogen-bond acceptors (Lipinski definition) is 3. The lowest BCUT2D eigenvalue weighted by molar-refractivity contribution is 0.475. The summed E-state index contributed by atoms with van der Waals surface area (Å²) in [7, 11) is 0. The molecule has 0 saturated heterocycles. The van der Waals surface area contributed by atoms with Crippen molar-refractivity contribution in [3.05, 3.63) is 88.9 Å². The molecule has 1 aromatic heterocycles. The van der Waals surface area contributed by atoms with Crippen molar-refractivity contribution in [2.24, 2.45) is 0 Å². The molecule has 28 heavy (non-hydrogen) atoms. The molecule has 0 fully saturated rings. The molecule has 5 rings (SSSR count). The quantitative estimate of drug-likeness (QED) is 0.389. The van der Waals surface area contributed by atoms with Crippen molar-refractivity contribution in [3.63, 3.8) is 0 Å². The van der Waals surface area contributed by atoms with E-state index in [1.807, 2.05) is 48.5 Å². The molecule has 0 amide bonds. The Hall–Kier alpha value is -3.30. The smallest absolute Gasteiger partial charge is 0.116 e. The lowest BCUT2D eigenvalue weighted by atomic mass is 9.96. The highest BCUT2D eigenvalue weighted by Gasteiger charge is 2.25. The largest absolute Gasteiger partial charge is 0.508 e. The number of halogens is 1. The van der Waals surface area contributed by atoms with Crippen LogP contribution in [-0.4, -0.2) is 15.2 Å². The summed E-state index contributed by atoms with van der Waals surface area (Å²) >= 11 is 6.44. The second-order valence-electron chi connectivity index (χ2n) is 6.93. The number of benzene rings is 3. The third kappa shape index (κ3) is 2.72. The van der Waals surface area contributed by atoms with Gasteiger partial charge in [0.15, 0.2) is 0 Å². The zero-order valence-corrected chi connectivity index (χ0v) is 15.6. The van der Waals surface area contributed by atoms with Crippen molar-refractivity contribution < 1.29 is 10.2 Å². The molecule has 0 bridgehead atoms. The molecule has 1 aliphatic carbocycles. The van der Waals surface area contributed by atoms with Gasteiger partial charge in [-0.2, -0.15) is 0 Å². The van der Waals surface area contributed by atoms with Gasteiger partial charge in [-0.3, -0.25) is 0 Å². The van der Waals surface area contributed by atoms with Crippen LogP contribution in [0.3, 0.4) is 0 Å². The van der Waals surface area contributed by atoms with Gasteiger partial charge in [-0.15, -0.1) is 0 Å². The molecule has 0 radical (unpaired) electrons. The Morgan fingerprint density at radius 1 is 0.750 bits per heavy atom. The lowest BCUT2D eigenvalue weighted by Gasteiger charge is -2.13. The molecule has 4 aromatic rings. The fourth-order valence-electron chi connectivity index (χ4n) is 3.84. The maximum atomic E-state index is 9.99. The van der Waals surface area contributed by atoms with Crippen LogP contribution in [0.2, 0.25) is 5.02 Å². The number of pyridine rings is 1. The summed E-state index contributed by atoms with van der Waals surface area (Å²) in [6.07, 6.45) is 0.728. The van der Waals surface area contributed by atoms with Gasteiger partial charge in [-0.05, 0) is 58.7 Å². The Bertz CT molecular complexity index is 1230. The van der Waals surface area contributed by atoms with Gasteiger partial charge in [0, 0.05) is 22.6 Å². The maximum absolute atomic E-state index is 9.99. The van der Waals surface area contributed by atoms with Crippen molar-refractivity contribution in [2.75, 3.05) is 0 Å². The Balaban J connectivity index is 1.82. The third-order valence-corrected chi connectivity index (χ3v) is 5.48. The lowest BCUT2D eigenvalue weighted by Crippen LogP contribution is -1.95. The number of hydrogen-bond donors (Lipinski definition) is 2. The van der Waals surface area contributed by atoms with Crippen molar-refractivity contribution in [2.45, 2.75) is 6.42 Å². The first kappa shape index (κ1) is 16.8. The van der Waals surface area contributed by atoms with Gasteiger partial charge in [-0.1, -0.05) is 48.0 Å². The normalized spacial score (nSPS) is 11.9. The standard InChI is InChI=1S/C24H16ClNO2/c25-22-7-2-1-6-18(22)23-13-19(14-4-3-5-16(27)10-14)21-11-15-8-9-17(28)12-20(15)24(21)26-23/h1-10,12-13,27-28H,11H2. The molecule has 3 aromatic carbocycles. The summed E-state index contributed by atoms with van der Waals surface area (Å²) in [6, 6.07) is 22.3. The molecule has 0 spiro atoms. The zero-order valence-electron chi connectivity index (χ0n) is 14.9. The van der Waals surface area contributed by atoms with Crippen molar-refractivity contribution >= 4 is 11.6 Å². The average Bonchev–Trinajstić information content (AvgIpc) is 3.05. The summed E-state index contributed by atoms with van der Waals surface area (Å²) in [5.74, 6) is 0.436. The first-order valence-corrected chi connectivity index (χ1v) is 9.38. The predicted molar refractivity (Wildman–Crippen MR) is 112 cm³/mol. The number of fused-ring (bicyclic) bond motifs is 3. The second kappa shape index (κ2) is 6.39. The van der Waals surface area contributed by atoms with E-state index in [2.05, 4.69) is 0 Å². The van der Waals surface area contributed by atoms with Gasteiger partial charge in [0.2, 0.25) is 0 Å². The Morgan fingerprint density at radius 3 is 2.39 bits per heavy atom. The predicted octanol–water partition coefficient (Wildman–Crippen LogP) is 6.05. The van der Waals surface area contributed by atoms with E-state index in [-0.39, 0.29) is 11.5 Å². The van der Waals surface area contributed by atoms with E-state index in [1.54, 1.807) is 24.3 Å². The number of rotatable bonds is 2. The minimum atomic E-state index is 0.218. The molecule has 1 heterocycles. The van der Waals surface area contributed by atoms with Gasteiger partial charge < -0.3 is 10.2 Å². The van der Waals surface area contributed by atoms with Gasteiger partial charge >= 0.3 is 0 Å². The topological polar surface area (TPSA) is 53.4 Å². The molecule has 2 N–H and O–H groups in total. The number of phenolic OH excluding ortho intramolecular Hbond substituents is 2. The fourth-order valence-corrected chi connectivity index (χ4v) is 4.07. The molecule has 1 aliphatic rings. The van der Waals surface area contributed by atoms with E-state index >= 15 is 0 Å². The van der Waals surface area contributed by atoms with E-state index in [1.165, 1.54) is 0 Å². The van der Waals surface area contributed by atoms with Crippen LogP contribution in [0.5, 0.6) is 11.5 Å². The van der Waals surface area contributed by atoms with E-state index in [0.29, 0.717) is 5.02 Å². The summed E-state index contributed by atoms with van der Waals surface area (Å²) in [4.78, 5) is 4.92. The van der Waals surface area contributed by atoms with Crippen LogP contribution >= 0.6 is 11.6 Å². The molecule has 0 aliphatic heterocycles. The highest BCUT2D eigenvalue weighted by atomic mass is 35.5. The monoisotopic (exact) mass is 385 g/mol. The molecule has 0 unspecified atom stereocenters. The second-order valence-corrected chi connectivity index (χ2v) is 7.34. The Kier molecular flexibility index (Phi) is 3.85. The van der Waals surface area contributed by atoms with Crippen LogP contribution in [0.1, 0.15) is 11.1 Å². The Labute approximate surface area is 167 Å². The van der Waals surface area contributed by atoms with Crippen LogP contribution in [0.15, 0.2) is 72.8 Å². The highest BCUT2D eigenvalue weighted by molar-refractivity contribution is 6.33. The van der Waals surface area contributed by atoms with Crippen molar-refractivity contribution in [3.8, 4) is 45.1 Å². The first-order chi connectivity index (χ1) is 13.6. The third-order valence-electron chi connectivity index (χ3n) is 5.15. The molecule has 4 heteroatoms. The molecule has 0 saturated carbocycles. The van der Waals surface area contributed by atoms with Crippen molar-refractivity contribution in [1.82, 2.24) is 4.98 Å². The van der Waals surface area contributed by atoms with Crippen LogP contribution in [0, 0.1) is 0 Å². The molecule has 3 nitrogen and oxygen atoms in total. The molecule has 0 atom stereocenters. The Morgan fingerprint density at radius 2 is 1.57 bits per heavy atom. The van der Waals surface area contributed by atoms with E-state index < -0.39 is 0 Å². The van der Waals surface area contributed by atoms with Crippen LogP contribution in [0.4, 0.5) is 0 Å². The summed E-state index contributed by atoms with van der Waals surface area (Å²) < 4.78 is 0. The zero-order chi connectivity index (χ0) is 19.3. The molecular formula is C24H16ClNO2. The number of aromatic nitrogens is 1. The van der Waals surface area contributed by atoms with Gasteiger partial charge in [0.05, 0.1) is 11.4 Å². The SMILES string of the molecule is Oc1cccc(-c2cc(-c3ccccc3Cl)nc3c2Cc2ccc(O)cc2-3)c1. The van der Waals surface area contributed by atoms with E-state index in [4.69, 9.17) is 16.6 Å². The number of nitrogens with zero attached hydrogens (tertiary/aromatic N) is 1. The van der Waals surface area contributed by atoms with Gasteiger partial charge in [-0.25, -0.2) is 4.98 Å². The first-order valence-electron chi connectivity index (χ1n) is 9.00. The van der Waals surface area contributed by atoms with Gasteiger partial charge in [0.1, 0.15) is 11.5 Å². The van der Waals surface area contributed by atoms with E-state index in [0.717, 1.165) is 51.2 Å². The van der Waals surface area contributed by atoms with Crippen molar-refractivity contribution in [1.29, 1.82) is 0 Å². The fraction of sp³-hybridized carbons (Fsp3) is 0.0417. The number of phenols is 2. The molecule has 136 valence electrons. The molecular weight excluding hydrogens is 370 g/mol. The minimum absolute atomic E-state index is 0.218. The summed E-state index contributed by atoms with van der Waals surface area (Å²) in [6.45, 7) is 0. The van der Waals surface area contributed by atoms with Crippen LogP contribution < -0.4 is 0 Å². The van der Waals surface area contributed by atoms with Gasteiger partial charge in [0.25, 0.3) is 0 Å². The number of aromatic hydroxyl groups is 2. The maximum Gasteiger partial charge on any atom is 0.116 e. The average molecular weight is 386 g/mol. The summed E-state index contributed by atoms with van der Waals surface area (Å²) in [5.41, 5.74) is 7.53. The minimum Gasteiger partial charge on any atom is -0.508 e. The van der Waals surface area contributed by atoms with Crippen LogP contribution in [0.25, 0.3) is 33.6 Å². The highest BCUT2D eigenvalue weighted by Crippen LogP contribution is 2.44.